The number of hydrogen-bond donors (Lipinski definition) is 1. The number of nitrogens with zero attached hydrogens (tertiary/aromatic N) is 2. The van der Waals surface area contributed by atoms with Crippen molar-refractivity contribution in [3.05, 3.63) is 17.7 Å². The molecule has 0 aromatic carbocycles. The Morgan fingerprint density at radius 3 is 2.53 bits per heavy atom. The van der Waals surface area contributed by atoms with Crippen LogP contribution in [0.15, 0.2) is 6.20 Å². The fraction of sp³-hybridized carbons (Fsp3) is 0.692. The highest BCUT2D eigenvalue weighted by molar-refractivity contribution is 5.92. The van der Waals surface area contributed by atoms with Gasteiger partial charge < -0.3 is 9.88 Å². The summed E-state index contributed by atoms with van der Waals surface area (Å²) in [6, 6.07) is 0. The summed E-state index contributed by atoms with van der Waals surface area (Å²) in [6.07, 6.45) is 3.82. The van der Waals surface area contributed by atoms with Crippen LogP contribution in [0, 0.1) is 6.92 Å². The minimum absolute atomic E-state index is 0.0743. The van der Waals surface area contributed by atoms with Crippen LogP contribution in [0.2, 0.25) is 0 Å². The molecule has 17 heavy (non-hydrogen) atoms. The third-order valence-corrected chi connectivity index (χ3v) is 2.21. The van der Waals surface area contributed by atoms with E-state index in [0.29, 0.717) is 12.2 Å². The van der Waals surface area contributed by atoms with Crippen LogP contribution < -0.4 is 5.32 Å². The number of amides is 1. The highest BCUT2D eigenvalue weighted by Crippen LogP contribution is 2.03. The molecule has 1 rings (SSSR count). The van der Waals surface area contributed by atoms with Crippen LogP contribution in [0.5, 0.6) is 0 Å². The van der Waals surface area contributed by atoms with Crippen molar-refractivity contribution in [2.75, 3.05) is 6.54 Å². The smallest absolute Gasteiger partial charge is 0.271 e. The maximum absolute atomic E-state index is 11.6. The zero-order valence-electron chi connectivity index (χ0n) is 11.7. The van der Waals surface area contributed by atoms with Gasteiger partial charge in [-0.15, -0.1) is 0 Å². The van der Waals surface area contributed by atoms with Gasteiger partial charge in [-0.2, -0.15) is 0 Å². The molecule has 0 atom stereocenters. The maximum Gasteiger partial charge on any atom is 0.271 e. The molecule has 0 bridgehead atoms. The van der Waals surface area contributed by atoms with E-state index in [2.05, 4.69) is 17.2 Å². The van der Waals surface area contributed by atoms with Crippen molar-refractivity contribution in [2.24, 2.45) is 0 Å². The van der Waals surface area contributed by atoms with Gasteiger partial charge in [0.25, 0.3) is 5.91 Å². The predicted octanol–water partition coefficient (Wildman–Crippen LogP) is 2.77. The van der Waals surface area contributed by atoms with E-state index in [9.17, 15) is 4.79 Å². The molecule has 0 aliphatic rings. The largest absolute Gasteiger partial charge is 0.351 e. The van der Waals surface area contributed by atoms with E-state index >= 15 is 0 Å². The number of carbonyl (C=O) groups is 1. The summed E-state index contributed by atoms with van der Waals surface area (Å²) < 4.78 is 2.01. The number of hydrogen-bond acceptors (Lipinski definition) is 2. The van der Waals surface area contributed by atoms with Gasteiger partial charge in [0.2, 0.25) is 0 Å². The number of imidazole rings is 1. The van der Waals surface area contributed by atoms with Crippen LogP contribution in [0.1, 0.15) is 56.8 Å². The first-order valence-corrected chi connectivity index (χ1v) is 6.51. The van der Waals surface area contributed by atoms with Crippen LogP contribution in [0.3, 0.4) is 0 Å². The molecule has 0 fully saturated rings. The standard InChI is InChI=1S/C11H19N3O.C2H6/c1-4-6-12-11(15)10-8-14(7-5-2)9(3)13-10;1-2/h8H,4-7H2,1-3H3,(H,12,15);1-2H3. The lowest BCUT2D eigenvalue weighted by atomic mass is 10.4. The third kappa shape index (κ3) is 5.02. The van der Waals surface area contributed by atoms with Gasteiger partial charge in [0.05, 0.1) is 0 Å². The Balaban J connectivity index is 0.00000121. The first-order chi connectivity index (χ1) is 8.19. The zero-order chi connectivity index (χ0) is 13.3. The van der Waals surface area contributed by atoms with E-state index in [0.717, 1.165) is 25.2 Å². The zero-order valence-corrected chi connectivity index (χ0v) is 11.7. The van der Waals surface area contributed by atoms with Crippen LogP contribution in [-0.4, -0.2) is 22.0 Å². The second-order valence-corrected chi connectivity index (χ2v) is 3.62. The second kappa shape index (κ2) is 8.79. The third-order valence-electron chi connectivity index (χ3n) is 2.21. The normalized spacial score (nSPS) is 9.47. The molecule has 1 N–H and O–H groups in total. The van der Waals surface area contributed by atoms with Gasteiger partial charge in [-0.1, -0.05) is 27.7 Å². The minimum atomic E-state index is -0.0743. The second-order valence-electron chi connectivity index (χ2n) is 3.62. The minimum Gasteiger partial charge on any atom is -0.351 e. The Morgan fingerprint density at radius 2 is 2.00 bits per heavy atom. The van der Waals surface area contributed by atoms with E-state index < -0.39 is 0 Å². The molecule has 1 heterocycles. The van der Waals surface area contributed by atoms with E-state index in [-0.39, 0.29) is 5.91 Å². The lowest BCUT2D eigenvalue weighted by Gasteiger charge is -2.00. The molecule has 4 heteroatoms. The monoisotopic (exact) mass is 239 g/mol. The molecule has 1 aromatic heterocycles. The fourth-order valence-corrected chi connectivity index (χ4v) is 1.41. The Labute approximate surface area is 104 Å². The van der Waals surface area contributed by atoms with E-state index in [1.54, 1.807) is 0 Å². The first-order valence-electron chi connectivity index (χ1n) is 6.51. The van der Waals surface area contributed by atoms with Gasteiger partial charge in [-0.3, -0.25) is 4.79 Å². The Morgan fingerprint density at radius 1 is 1.35 bits per heavy atom. The number of carbonyl (C=O) groups excluding carboxylic acids is 1. The molecule has 0 radical (unpaired) electrons. The van der Waals surface area contributed by atoms with Crippen LogP contribution in [0.4, 0.5) is 0 Å². The molecule has 4 nitrogen and oxygen atoms in total. The van der Waals surface area contributed by atoms with Crippen LogP contribution in [0.25, 0.3) is 0 Å². The summed E-state index contributed by atoms with van der Waals surface area (Å²) in [5.74, 6) is 0.827. The van der Waals surface area contributed by atoms with Gasteiger partial charge >= 0.3 is 0 Å². The number of rotatable bonds is 5. The van der Waals surface area contributed by atoms with Crippen molar-refractivity contribution < 1.29 is 4.79 Å². The molecule has 0 saturated carbocycles. The van der Waals surface area contributed by atoms with Crippen molar-refractivity contribution >= 4 is 5.91 Å². The predicted molar refractivity (Wildman–Crippen MR) is 71.2 cm³/mol. The molecule has 1 amide bonds. The van der Waals surface area contributed by atoms with Crippen LogP contribution in [-0.2, 0) is 6.54 Å². The maximum atomic E-state index is 11.6. The Kier molecular flexibility index (Phi) is 8.11. The fourth-order valence-electron chi connectivity index (χ4n) is 1.41. The van der Waals surface area contributed by atoms with Gasteiger partial charge in [0, 0.05) is 19.3 Å². The van der Waals surface area contributed by atoms with Crippen LogP contribution >= 0.6 is 0 Å². The van der Waals surface area contributed by atoms with Gasteiger partial charge in [-0.05, 0) is 19.8 Å². The molecule has 0 aliphatic carbocycles. The van der Waals surface area contributed by atoms with E-state index in [4.69, 9.17) is 0 Å². The molecule has 0 aliphatic heterocycles. The number of aromatic nitrogens is 2. The van der Waals surface area contributed by atoms with Crippen molar-refractivity contribution in [1.29, 1.82) is 0 Å². The summed E-state index contributed by atoms with van der Waals surface area (Å²) in [4.78, 5) is 15.8. The highest BCUT2D eigenvalue weighted by Gasteiger charge is 2.10. The van der Waals surface area contributed by atoms with Crippen molar-refractivity contribution in [2.45, 2.75) is 54.0 Å². The van der Waals surface area contributed by atoms with Crippen molar-refractivity contribution in [3.63, 3.8) is 0 Å². The summed E-state index contributed by atoms with van der Waals surface area (Å²) in [5.41, 5.74) is 0.523. The number of nitrogens with one attached hydrogen (secondary N) is 1. The molecule has 0 unspecified atom stereocenters. The highest BCUT2D eigenvalue weighted by atomic mass is 16.1. The molecule has 98 valence electrons. The lowest BCUT2D eigenvalue weighted by molar-refractivity contribution is 0.0949. The topological polar surface area (TPSA) is 46.9 Å². The molecule has 0 spiro atoms. The molecular weight excluding hydrogens is 214 g/mol. The van der Waals surface area contributed by atoms with Gasteiger partial charge in [-0.25, -0.2) is 4.98 Å². The first kappa shape index (κ1) is 15.7. The Bertz CT molecular complexity index is 331. The average Bonchev–Trinajstić information content (AvgIpc) is 2.71. The van der Waals surface area contributed by atoms with Crippen molar-refractivity contribution in [1.82, 2.24) is 14.9 Å². The lowest BCUT2D eigenvalue weighted by Crippen LogP contribution is -2.24. The molecular formula is C13H25N3O. The number of aryl methyl sites for hydroxylation is 2. The summed E-state index contributed by atoms with van der Waals surface area (Å²) in [7, 11) is 0. The van der Waals surface area contributed by atoms with E-state index in [1.807, 2.05) is 38.5 Å². The SMILES string of the molecule is CC.CCCNC(=O)c1cn(CCC)c(C)n1. The van der Waals surface area contributed by atoms with Crippen molar-refractivity contribution in [3.8, 4) is 0 Å². The van der Waals surface area contributed by atoms with Gasteiger partial charge in [0.15, 0.2) is 0 Å². The molecule has 1 aromatic rings. The van der Waals surface area contributed by atoms with Gasteiger partial charge in [0.1, 0.15) is 11.5 Å². The summed E-state index contributed by atoms with van der Waals surface area (Å²) in [6.45, 7) is 11.7. The average molecular weight is 239 g/mol. The summed E-state index contributed by atoms with van der Waals surface area (Å²) >= 11 is 0. The Hall–Kier alpha value is -1.32. The van der Waals surface area contributed by atoms with E-state index in [1.165, 1.54) is 0 Å². The summed E-state index contributed by atoms with van der Waals surface area (Å²) in [5, 5.41) is 2.82. The molecule has 0 saturated heterocycles. The quantitative estimate of drug-likeness (QED) is 0.858.